The van der Waals surface area contributed by atoms with Gasteiger partial charge in [0.25, 0.3) is 0 Å². The van der Waals surface area contributed by atoms with Gasteiger partial charge in [0.1, 0.15) is 6.17 Å². The van der Waals surface area contributed by atoms with E-state index in [1.54, 1.807) is 0 Å². The Morgan fingerprint density at radius 2 is 2.21 bits per heavy atom. The zero-order valence-corrected chi connectivity index (χ0v) is 7.68. The highest BCUT2D eigenvalue weighted by Gasteiger charge is 2.33. The molecular formula is C11H10N2O. The van der Waals surface area contributed by atoms with Crippen LogP contribution < -0.4 is 0 Å². The fraction of sp³-hybridized carbons (Fsp3) is 0.273. The predicted molar refractivity (Wildman–Crippen MR) is 53.1 cm³/mol. The Balaban J connectivity index is 2.15. The normalized spacial score (nSPS) is 23.6. The molecule has 0 aromatic heterocycles. The van der Waals surface area contributed by atoms with Crippen molar-refractivity contribution in [2.45, 2.75) is 12.6 Å². The number of aliphatic imine (C=N–C) groups is 1. The molecule has 1 unspecified atom stereocenters. The Morgan fingerprint density at radius 3 is 3.14 bits per heavy atom. The molecule has 2 aliphatic heterocycles. The molecule has 0 fully saturated rings. The number of nitrogens with zero attached hydrogens (tertiary/aromatic N) is 2. The van der Waals surface area contributed by atoms with E-state index in [2.05, 4.69) is 11.1 Å². The highest BCUT2D eigenvalue weighted by atomic mass is 16.2. The summed E-state index contributed by atoms with van der Waals surface area (Å²) < 4.78 is 0. The van der Waals surface area contributed by atoms with Crippen LogP contribution in [0.15, 0.2) is 29.3 Å². The van der Waals surface area contributed by atoms with Gasteiger partial charge in [-0.15, -0.1) is 0 Å². The Bertz CT molecular complexity index is 425. The largest absolute Gasteiger partial charge is 0.311 e. The smallest absolute Gasteiger partial charge is 0.229 e. The van der Waals surface area contributed by atoms with Crippen LogP contribution in [-0.4, -0.2) is 23.6 Å². The molecule has 0 aliphatic carbocycles. The van der Waals surface area contributed by atoms with Crippen LogP contribution in [-0.2, 0) is 11.2 Å². The third-order valence-corrected chi connectivity index (χ3v) is 2.82. The molecule has 2 heterocycles. The molecule has 0 radical (unpaired) electrons. The number of rotatable bonds is 0. The van der Waals surface area contributed by atoms with Gasteiger partial charge in [-0.1, -0.05) is 24.3 Å². The van der Waals surface area contributed by atoms with Crippen molar-refractivity contribution in [1.29, 1.82) is 0 Å². The predicted octanol–water partition coefficient (Wildman–Crippen LogP) is 1.15. The van der Waals surface area contributed by atoms with Crippen LogP contribution >= 0.6 is 0 Å². The molecule has 1 aromatic carbocycles. The summed E-state index contributed by atoms with van der Waals surface area (Å²) in [6.07, 6.45) is 2.30. The summed E-state index contributed by atoms with van der Waals surface area (Å²) >= 11 is 0. The second-order valence-corrected chi connectivity index (χ2v) is 3.63. The maximum absolute atomic E-state index is 11.7. The van der Waals surface area contributed by atoms with Crippen LogP contribution in [0.5, 0.6) is 0 Å². The van der Waals surface area contributed by atoms with E-state index in [0.717, 1.165) is 5.56 Å². The zero-order valence-electron chi connectivity index (χ0n) is 7.68. The summed E-state index contributed by atoms with van der Waals surface area (Å²) in [5.74, 6) is 0.186. The molecule has 70 valence electrons. The van der Waals surface area contributed by atoms with Gasteiger partial charge in [-0.3, -0.25) is 9.79 Å². The molecule has 1 atom stereocenters. The number of carbonyl (C=O) groups is 1. The van der Waals surface area contributed by atoms with Gasteiger partial charge >= 0.3 is 0 Å². The molecule has 3 rings (SSSR count). The van der Waals surface area contributed by atoms with E-state index < -0.39 is 0 Å². The number of hydrogen-bond donors (Lipinski definition) is 0. The summed E-state index contributed by atoms with van der Waals surface area (Å²) in [5.41, 5.74) is 2.30. The van der Waals surface area contributed by atoms with Crippen LogP contribution in [0.25, 0.3) is 0 Å². The topological polar surface area (TPSA) is 32.7 Å². The number of hydrogen-bond acceptors (Lipinski definition) is 2. The van der Waals surface area contributed by atoms with Crippen molar-refractivity contribution in [3.05, 3.63) is 35.4 Å². The molecule has 0 bridgehead atoms. The molecule has 0 saturated carbocycles. The third kappa shape index (κ3) is 0.923. The van der Waals surface area contributed by atoms with E-state index in [1.165, 1.54) is 5.56 Å². The van der Waals surface area contributed by atoms with Crippen LogP contribution in [0.2, 0.25) is 0 Å². The number of amides is 1. The van der Waals surface area contributed by atoms with E-state index in [4.69, 9.17) is 0 Å². The molecule has 0 spiro atoms. The van der Waals surface area contributed by atoms with Gasteiger partial charge in [0.2, 0.25) is 5.91 Å². The first-order valence-corrected chi connectivity index (χ1v) is 4.75. The van der Waals surface area contributed by atoms with E-state index in [1.807, 2.05) is 29.3 Å². The average molecular weight is 186 g/mol. The van der Waals surface area contributed by atoms with Gasteiger partial charge in [0, 0.05) is 11.8 Å². The summed E-state index contributed by atoms with van der Waals surface area (Å²) in [4.78, 5) is 17.8. The van der Waals surface area contributed by atoms with Crippen molar-refractivity contribution in [2.24, 2.45) is 4.99 Å². The minimum Gasteiger partial charge on any atom is -0.311 e. The Hall–Kier alpha value is -1.64. The van der Waals surface area contributed by atoms with E-state index in [-0.39, 0.29) is 12.1 Å². The van der Waals surface area contributed by atoms with E-state index in [0.29, 0.717) is 13.0 Å². The SMILES string of the molecule is O=C1Cc2ccccc2C2N=CCN12. The van der Waals surface area contributed by atoms with E-state index in [9.17, 15) is 4.79 Å². The minimum atomic E-state index is -0.0487. The second kappa shape index (κ2) is 2.67. The van der Waals surface area contributed by atoms with Crippen molar-refractivity contribution in [3.8, 4) is 0 Å². The molecule has 3 nitrogen and oxygen atoms in total. The monoisotopic (exact) mass is 186 g/mol. The molecule has 1 amide bonds. The third-order valence-electron chi connectivity index (χ3n) is 2.82. The maximum atomic E-state index is 11.7. The van der Waals surface area contributed by atoms with Crippen molar-refractivity contribution >= 4 is 12.1 Å². The summed E-state index contributed by atoms with van der Waals surface area (Å²) in [7, 11) is 0. The lowest BCUT2D eigenvalue weighted by atomic mass is 9.97. The van der Waals surface area contributed by atoms with Gasteiger partial charge in [-0.25, -0.2) is 0 Å². The Kier molecular flexibility index (Phi) is 1.48. The first-order valence-electron chi connectivity index (χ1n) is 4.75. The maximum Gasteiger partial charge on any atom is 0.229 e. The molecule has 3 heteroatoms. The van der Waals surface area contributed by atoms with Crippen LogP contribution in [0.4, 0.5) is 0 Å². The van der Waals surface area contributed by atoms with Gasteiger partial charge in [-0.2, -0.15) is 0 Å². The minimum absolute atomic E-state index is 0.0487. The summed E-state index contributed by atoms with van der Waals surface area (Å²) in [6.45, 7) is 0.665. The molecular weight excluding hydrogens is 176 g/mol. The van der Waals surface area contributed by atoms with Crippen molar-refractivity contribution in [1.82, 2.24) is 4.90 Å². The van der Waals surface area contributed by atoms with Gasteiger partial charge in [0.05, 0.1) is 13.0 Å². The Labute approximate surface area is 82.1 Å². The lowest BCUT2D eigenvalue weighted by Gasteiger charge is -2.29. The molecule has 1 aromatic rings. The average Bonchev–Trinajstić information content (AvgIpc) is 2.67. The zero-order chi connectivity index (χ0) is 9.54. The fourth-order valence-electron chi connectivity index (χ4n) is 2.11. The number of carbonyl (C=O) groups excluding carboxylic acids is 1. The van der Waals surface area contributed by atoms with Crippen molar-refractivity contribution in [2.75, 3.05) is 6.54 Å². The molecule has 14 heavy (non-hydrogen) atoms. The quantitative estimate of drug-likeness (QED) is 0.598. The van der Waals surface area contributed by atoms with Crippen molar-refractivity contribution < 1.29 is 4.79 Å². The summed E-state index contributed by atoms with van der Waals surface area (Å²) in [6, 6.07) is 8.04. The molecule has 2 aliphatic rings. The van der Waals surface area contributed by atoms with Gasteiger partial charge < -0.3 is 4.90 Å². The van der Waals surface area contributed by atoms with E-state index >= 15 is 0 Å². The fourth-order valence-corrected chi connectivity index (χ4v) is 2.11. The summed E-state index contributed by atoms with van der Waals surface area (Å²) in [5, 5.41) is 0. The Morgan fingerprint density at radius 1 is 1.36 bits per heavy atom. The van der Waals surface area contributed by atoms with Crippen LogP contribution in [0, 0.1) is 0 Å². The standard InChI is InChI=1S/C11H10N2O/c14-10-7-8-3-1-2-4-9(8)11-12-5-6-13(10)11/h1-5,11H,6-7H2. The number of benzene rings is 1. The first kappa shape index (κ1) is 7.74. The lowest BCUT2D eigenvalue weighted by Crippen LogP contribution is -2.37. The highest BCUT2D eigenvalue weighted by Crippen LogP contribution is 2.32. The van der Waals surface area contributed by atoms with Crippen LogP contribution in [0.3, 0.4) is 0 Å². The lowest BCUT2D eigenvalue weighted by molar-refractivity contribution is -0.132. The van der Waals surface area contributed by atoms with Crippen molar-refractivity contribution in [3.63, 3.8) is 0 Å². The van der Waals surface area contributed by atoms with Gasteiger partial charge in [0.15, 0.2) is 0 Å². The second-order valence-electron chi connectivity index (χ2n) is 3.63. The first-order chi connectivity index (χ1) is 6.86. The molecule has 0 saturated heterocycles. The highest BCUT2D eigenvalue weighted by molar-refractivity contribution is 5.85. The van der Waals surface area contributed by atoms with Gasteiger partial charge in [-0.05, 0) is 5.56 Å². The van der Waals surface area contributed by atoms with Crippen LogP contribution in [0.1, 0.15) is 17.3 Å². The number of fused-ring (bicyclic) bond motifs is 3. The molecule has 0 N–H and O–H groups in total.